The Morgan fingerprint density at radius 1 is 1.42 bits per heavy atom. The molecule has 142 valence electrons. The summed E-state index contributed by atoms with van der Waals surface area (Å²) in [5.74, 6) is 0. The normalized spacial score (nSPS) is 30.0. The van der Waals surface area contributed by atoms with Crippen molar-refractivity contribution < 1.29 is 9.59 Å². The van der Waals surface area contributed by atoms with Gasteiger partial charge in [0.25, 0.3) is 0 Å². The molecule has 2 aliphatic carbocycles. The number of carbonyl (C=O) groups excluding carboxylic acids is 2. The first-order valence-electron chi connectivity index (χ1n) is 9.41. The number of aliphatic imine (C=N–C) groups is 1. The summed E-state index contributed by atoms with van der Waals surface area (Å²) in [6, 6.07) is -0.00720. The molecule has 1 fully saturated rings. The highest BCUT2D eigenvalue weighted by molar-refractivity contribution is 5.74. The number of aromatic amines is 1. The molecule has 0 aliphatic heterocycles. The van der Waals surface area contributed by atoms with Crippen molar-refractivity contribution in [3.8, 4) is 0 Å². The summed E-state index contributed by atoms with van der Waals surface area (Å²) in [6.45, 7) is 7.14. The number of aryl methyl sites for hydroxylation is 1. The molecule has 1 aromatic heterocycles. The smallest absolute Gasteiger partial charge is 0.315 e. The number of carbonyl (C=O) groups is 1. The lowest BCUT2D eigenvalue weighted by Gasteiger charge is -2.45. The maximum atomic E-state index is 12.4. The molecule has 3 unspecified atom stereocenters. The number of nitrogens with zero attached hydrogens (tertiary/aromatic N) is 2. The number of aromatic nitrogens is 2. The molecular weight excluding hydrogens is 330 g/mol. The van der Waals surface area contributed by atoms with Gasteiger partial charge in [-0.05, 0) is 48.5 Å². The van der Waals surface area contributed by atoms with Crippen LogP contribution in [0, 0.1) is 10.8 Å². The molecule has 1 aromatic rings. The van der Waals surface area contributed by atoms with Crippen LogP contribution in [-0.4, -0.2) is 40.9 Å². The van der Waals surface area contributed by atoms with E-state index in [1.807, 2.05) is 6.20 Å². The molecule has 0 saturated heterocycles. The minimum Gasteiger partial charge on any atom is -0.338 e. The number of isocyanates is 1. The number of rotatable bonds is 4. The number of hydrogen-bond donors (Lipinski definition) is 3. The Balaban J connectivity index is 1.52. The number of H-pyrrole nitrogens is 1. The molecule has 2 amide bonds. The number of urea groups is 1. The van der Waals surface area contributed by atoms with Crippen molar-refractivity contribution in [2.75, 3.05) is 6.54 Å². The van der Waals surface area contributed by atoms with Crippen molar-refractivity contribution in [2.24, 2.45) is 15.8 Å². The van der Waals surface area contributed by atoms with E-state index in [1.54, 1.807) is 6.08 Å². The van der Waals surface area contributed by atoms with Gasteiger partial charge in [-0.1, -0.05) is 20.8 Å². The second kappa shape index (κ2) is 7.23. The summed E-state index contributed by atoms with van der Waals surface area (Å²) in [5, 5.41) is 13.2. The highest BCUT2D eigenvalue weighted by atomic mass is 16.2. The second-order valence-electron chi connectivity index (χ2n) is 9.07. The number of fused-ring (bicyclic) bond motifs is 1. The van der Waals surface area contributed by atoms with Crippen molar-refractivity contribution in [3.63, 3.8) is 0 Å². The Morgan fingerprint density at radius 3 is 3.00 bits per heavy atom. The van der Waals surface area contributed by atoms with Gasteiger partial charge in [-0.15, -0.1) is 0 Å². The largest absolute Gasteiger partial charge is 0.338 e. The van der Waals surface area contributed by atoms with Crippen LogP contribution in [0.15, 0.2) is 11.2 Å². The molecule has 3 N–H and O–H groups in total. The van der Waals surface area contributed by atoms with Gasteiger partial charge in [0, 0.05) is 24.7 Å². The van der Waals surface area contributed by atoms with E-state index in [0.717, 1.165) is 44.2 Å². The molecule has 3 atom stereocenters. The van der Waals surface area contributed by atoms with E-state index in [2.05, 4.69) is 46.6 Å². The van der Waals surface area contributed by atoms with E-state index in [-0.39, 0.29) is 28.9 Å². The molecule has 0 spiro atoms. The van der Waals surface area contributed by atoms with Gasteiger partial charge in [-0.2, -0.15) is 5.10 Å². The highest BCUT2D eigenvalue weighted by Crippen LogP contribution is 2.46. The third-order valence-electron chi connectivity index (χ3n) is 5.69. The van der Waals surface area contributed by atoms with E-state index in [1.165, 1.54) is 5.56 Å². The predicted molar refractivity (Wildman–Crippen MR) is 98.6 cm³/mol. The third-order valence-corrected chi connectivity index (χ3v) is 5.69. The summed E-state index contributed by atoms with van der Waals surface area (Å²) in [4.78, 5) is 27.0. The van der Waals surface area contributed by atoms with E-state index in [4.69, 9.17) is 0 Å². The molecule has 26 heavy (non-hydrogen) atoms. The minimum absolute atomic E-state index is 0.0109. The van der Waals surface area contributed by atoms with E-state index >= 15 is 0 Å². The van der Waals surface area contributed by atoms with Gasteiger partial charge >= 0.3 is 6.03 Å². The topological polar surface area (TPSA) is 99.2 Å². The van der Waals surface area contributed by atoms with Crippen molar-refractivity contribution in [1.29, 1.82) is 0 Å². The number of amides is 2. The number of nitrogens with one attached hydrogen (secondary N) is 3. The Bertz CT molecular complexity index is 707. The van der Waals surface area contributed by atoms with Crippen molar-refractivity contribution >= 4 is 12.1 Å². The first kappa shape index (κ1) is 18.6. The fourth-order valence-corrected chi connectivity index (χ4v) is 4.94. The van der Waals surface area contributed by atoms with Gasteiger partial charge < -0.3 is 10.6 Å². The monoisotopic (exact) mass is 359 g/mol. The molecule has 1 heterocycles. The minimum atomic E-state index is -0.127. The molecule has 3 rings (SSSR count). The second-order valence-corrected chi connectivity index (χ2v) is 9.07. The van der Waals surface area contributed by atoms with Crippen LogP contribution in [0.25, 0.3) is 0 Å². The average Bonchev–Trinajstić information content (AvgIpc) is 2.99. The van der Waals surface area contributed by atoms with E-state index < -0.39 is 0 Å². The van der Waals surface area contributed by atoms with Gasteiger partial charge in [-0.25, -0.2) is 14.6 Å². The van der Waals surface area contributed by atoms with Crippen molar-refractivity contribution in [3.05, 3.63) is 17.5 Å². The quantitative estimate of drug-likeness (QED) is 0.569. The molecule has 0 radical (unpaired) electrons. The molecule has 7 nitrogen and oxygen atoms in total. The maximum absolute atomic E-state index is 12.4. The summed E-state index contributed by atoms with van der Waals surface area (Å²) >= 11 is 0. The highest BCUT2D eigenvalue weighted by Gasteiger charge is 2.41. The van der Waals surface area contributed by atoms with Crippen LogP contribution < -0.4 is 10.6 Å². The van der Waals surface area contributed by atoms with Gasteiger partial charge in [0.05, 0.1) is 12.2 Å². The van der Waals surface area contributed by atoms with E-state index in [9.17, 15) is 9.59 Å². The lowest BCUT2D eigenvalue weighted by Crippen LogP contribution is -2.49. The van der Waals surface area contributed by atoms with Crippen LogP contribution in [0.1, 0.15) is 57.7 Å². The summed E-state index contributed by atoms with van der Waals surface area (Å²) in [5.41, 5.74) is 2.39. The molecule has 0 aromatic carbocycles. The zero-order valence-electron chi connectivity index (χ0n) is 15.9. The van der Waals surface area contributed by atoms with Crippen molar-refractivity contribution in [2.45, 2.75) is 71.4 Å². The first-order valence-corrected chi connectivity index (χ1v) is 9.41. The van der Waals surface area contributed by atoms with Crippen LogP contribution in [0.5, 0.6) is 0 Å². The van der Waals surface area contributed by atoms with Gasteiger partial charge in [0.1, 0.15) is 0 Å². The van der Waals surface area contributed by atoms with Crippen LogP contribution in [0.4, 0.5) is 4.79 Å². The van der Waals surface area contributed by atoms with Gasteiger partial charge in [0.15, 0.2) is 0 Å². The maximum Gasteiger partial charge on any atom is 0.315 e. The molecule has 1 saturated carbocycles. The lowest BCUT2D eigenvalue weighted by atomic mass is 9.63. The first-order chi connectivity index (χ1) is 12.3. The van der Waals surface area contributed by atoms with Crippen molar-refractivity contribution in [1.82, 2.24) is 20.8 Å². The summed E-state index contributed by atoms with van der Waals surface area (Å²) < 4.78 is 0. The molecular formula is C19H29N5O2. The fourth-order valence-electron chi connectivity index (χ4n) is 4.94. The molecule has 7 heteroatoms. The average molecular weight is 359 g/mol. The molecule has 0 bridgehead atoms. The Kier molecular flexibility index (Phi) is 5.19. The SMILES string of the molecule is CC1(C)CC(N=C=O)CC(C)(CNC(=O)NC2CCc3cn[nH]c3C2)C1. The Labute approximate surface area is 154 Å². The Hall–Kier alpha value is -2.14. The standard InChI is InChI=1S/C19H29N5O2/c1-18(2)7-15(21-12-25)8-19(3,10-18)11-20-17(26)23-14-5-4-13-9-22-24-16(13)6-14/h9,14-15H,4-8,10-11H2,1-3H3,(H,22,24)(H2,20,23,26). The Morgan fingerprint density at radius 2 is 2.23 bits per heavy atom. The summed E-state index contributed by atoms with van der Waals surface area (Å²) in [7, 11) is 0. The third kappa shape index (κ3) is 4.52. The predicted octanol–water partition coefficient (Wildman–Crippen LogP) is 2.49. The molecule has 2 aliphatic rings. The number of hydrogen-bond acceptors (Lipinski definition) is 4. The van der Waals surface area contributed by atoms with Crippen LogP contribution in [0.2, 0.25) is 0 Å². The van der Waals surface area contributed by atoms with Crippen LogP contribution in [0.3, 0.4) is 0 Å². The fraction of sp³-hybridized carbons (Fsp3) is 0.737. The van der Waals surface area contributed by atoms with Crippen LogP contribution in [-0.2, 0) is 17.6 Å². The zero-order valence-corrected chi connectivity index (χ0v) is 15.9. The van der Waals surface area contributed by atoms with Gasteiger partial charge in [-0.3, -0.25) is 5.10 Å². The van der Waals surface area contributed by atoms with E-state index in [0.29, 0.717) is 6.54 Å². The zero-order chi connectivity index (χ0) is 18.8. The summed E-state index contributed by atoms with van der Waals surface area (Å²) in [6.07, 6.45) is 8.92. The van der Waals surface area contributed by atoms with Crippen LogP contribution >= 0.6 is 0 Å². The van der Waals surface area contributed by atoms with Gasteiger partial charge in [0.2, 0.25) is 6.08 Å². The lowest BCUT2D eigenvalue weighted by molar-refractivity contribution is 0.0849.